The van der Waals surface area contributed by atoms with Crippen molar-refractivity contribution in [3.05, 3.63) is 18.2 Å². The topological polar surface area (TPSA) is 103 Å². The Morgan fingerprint density at radius 3 is 2.56 bits per heavy atom. The molecule has 1 aromatic rings. The quantitative estimate of drug-likeness (QED) is 0.642. The predicted octanol–water partition coefficient (Wildman–Crippen LogP) is 1.51. The molecule has 0 aliphatic rings. The van der Waals surface area contributed by atoms with Crippen LogP contribution in [-0.2, 0) is 20.3 Å². The standard InChI is InChI=1S/C9H9N3O4P2/c1-9(8(13)14,2-7-3-10-4-11-7)12(5-17-15)6-18-16/h3-4H,2H2,1H3,(H,10,11)(H,13,14)/t9-/m0/s1. The van der Waals surface area contributed by atoms with Crippen molar-refractivity contribution in [1.29, 1.82) is 0 Å². The molecule has 94 valence electrons. The number of imidazole rings is 1. The second-order valence-corrected chi connectivity index (χ2v) is 4.32. The van der Waals surface area contributed by atoms with Crippen LogP contribution in [0, 0.1) is 11.5 Å². The Morgan fingerprint density at radius 2 is 2.17 bits per heavy atom. The van der Waals surface area contributed by atoms with Crippen LogP contribution in [0.25, 0.3) is 0 Å². The SMILES string of the molecule is C[C@](Cc1cnc[nH]1)(C(=O)O)N(C#P=O)C#P=O. The predicted molar refractivity (Wildman–Crippen MR) is 63.2 cm³/mol. The van der Waals surface area contributed by atoms with Gasteiger partial charge in [0.1, 0.15) is 0 Å². The van der Waals surface area contributed by atoms with E-state index in [9.17, 15) is 19.0 Å². The number of aliphatic carboxylic acids is 1. The zero-order valence-corrected chi connectivity index (χ0v) is 11.1. The van der Waals surface area contributed by atoms with Crippen LogP contribution in [0.4, 0.5) is 0 Å². The summed E-state index contributed by atoms with van der Waals surface area (Å²) in [6.45, 7) is 1.38. The molecule has 1 rings (SSSR count). The number of aromatic nitrogens is 2. The molecule has 0 unspecified atom stereocenters. The molecule has 7 nitrogen and oxygen atoms in total. The van der Waals surface area contributed by atoms with Gasteiger partial charge in [-0.2, -0.15) is 0 Å². The Labute approximate surface area is 105 Å². The number of H-pyrrole nitrogens is 1. The molecule has 18 heavy (non-hydrogen) atoms. The van der Waals surface area contributed by atoms with Gasteiger partial charge in [0.15, 0.2) is 0 Å². The summed E-state index contributed by atoms with van der Waals surface area (Å²) in [5.74, 6) is 3.28. The fraction of sp³-hybridized carbons (Fsp3) is 0.333. The fourth-order valence-corrected chi connectivity index (χ4v) is 2.11. The maximum atomic E-state index is 11.4. The maximum absolute atomic E-state index is 11.4. The second-order valence-electron chi connectivity index (χ2n) is 3.55. The van der Waals surface area contributed by atoms with Gasteiger partial charge in [-0.3, -0.25) is 0 Å². The summed E-state index contributed by atoms with van der Waals surface area (Å²) in [6, 6.07) is 0. The van der Waals surface area contributed by atoms with Gasteiger partial charge in [0.05, 0.1) is 0 Å². The molecular formula is C9H9N3O4P2. The Hall–Kier alpha value is -1.34. The summed E-state index contributed by atoms with van der Waals surface area (Å²) in [5, 5.41) is 9.29. The van der Waals surface area contributed by atoms with Crippen molar-refractivity contribution >= 4 is 21.8 Å². The number of hydrogen-bond donors (Lipinski definition) is 2. The van der Waals surface area contributed by atoms with Crippen LogP contribution in [0.5, 0.6) is 0 Å². The van der Waals surface area contributed by atoms with Gasteiger partial charge in [0.2, 0.25) is 0 Å². The van der Waals surface area contributed by atoms with E-state index in [2.05, 4.69) is 21.5 Å². The third-order valence-electron chi connectivity index (χ3n) is 2.33. The molecule has 9 heteroatoms. The summed E-state index contributed by atoms with van der Waals surface area (Å²) in [7, 11) is -1.05. The molecule has 0 aliphatic carbocycles. The Kier molecular flexibility index (Phi) is 5.36. The van der Waals surface area contributed by atoms with E-state index in [0.717, 1.165) is 4.90 Å². The van der Waals surface area contributed by atoms with Crippen molar-refractivity contribution in [2.24, 2.45) is 0 Å². The number of carbonyl (C=O) groups is 1. The number of nitrogens with one attached hydrogen (secondary N) is 1. The van der Waals surface area contributed by atoms with E-state index in [4.69, 9.17) is 0 Å². The third-order valence-corrected chi connectivity index (χ3v) is 2.89. The van der Waals surface area contributed by atoms with Crippen LogP contribution >= 0.6 is 15.8 Å². The van der Waals surface area contributed by atoms with Crippen molar-refractivity contribution in [2.75, 3.05) is 0 Å². The van der Waals surface area contributed by atoms with Gasteiger partial charge in [0, 0.05) is 0 Å². The van der Waals surface area contributed by atoms with Gasteiger partial charge in [0.25, 0.3) is 0 Å². The summed E-state index contributed by atoms with van der Waals surface area (Å²) >= 11 is 0. The fourth-order valence-electron chi connectivity index (χ4n) is 1.33. The number of rotatable bonds is 4. The van der Waals surface area contributed by atoms with Crippen LogP contribution in [0.2, 0.25) is 0 Å². The van der Waals surface area contributed by atoms with Crippen molar-refractivity contribution in [2.45, 2.75) is 18.9 Å². The van der Waals surface area contributed by atoms with Gasteiger partial charge in [-0.05, 0) is 0 Å². The van der Waals surface area contributed by atoms with E-state index in [0.29, 0.717) is 5.69 Å². The van der Waals surface area contributed by atoms with Crippen LogP contribution in [0.15, 0.2) is 12.5 Å². The molecule has 0 amide bonds. The first-order chi connectivity index (χ1) is 8.54. The van der Waals surface area contributed by atoms with Crippen LogP contribution in [0.3, 0.4) is 0 Å². The van der Waals surface area contributed by atoms with E-state index >= 15 is 0 Å². The van der Waals surface area contributed by atoms with Crippen LogP contribution in [-0.4, -0.2) is 31.5 Å². The Bertz CT molecular complexity index is 605. The molecule has 2 N–H and O–H groups in total. The van der Waals surface area contributed by atoms with Crippen molar-refractivity contribution in [3.8, 4) is 11.5 Å². The van der Waals surface area contributed by atoms with Crippen molar-refractivity contribution in [3.63, 3.8) is 0 Å². The van der Waals surface area contributed by atoms with Gasteiger partial charge < -0.3 is 0 Å². The van der Waals surface area contributed by atoms with E-state index in [1.807, 2.05) is 0 Å². The van der Waals surface area contributed by atoms with Crippen molar-refractivity contribution in [1.82, 2.24) is 14.9 Å². The minimum atomic E-state index is -1.51. The summed E-state index contributed by atoms with van der Waals surface area (Å²) in [5.41, 5.74) is -0.944. The molecular weight excluding hydrogens is 276 g/mol. The Balaban J connectivity index is 3.21. The molecule has 0 bridgehead atoms. The molecule has 0 saturated carbocycles. The van der Waals surface area contributed by atoms with E-state index in [-0.39, 0.29) is 6.42 Å². The second kappa shape index (κ2) is 6.55. The van der Waals surface area contributed by atoms with Gasteiger partial charge in [-0.15, -0.1) is 0 Å². The summed E-state index contributed by atoms with van der Waals surface area (Å²) < 4.78 is 21.1. The molecule has 0 aromatic carbocycles. The molecule has 1 heterocycles. The molecule has 0 fully saturated rings. The number of carboxylic acids is 1. The molecule has 0 saturated heterocycles. The first kappa shape index (κ1) is 14.7. The van der Waals surface area contributed by atoms with Crippen molar-refractivity contribution < 1.29 is 19.0 Å². The minimum absolute atomic E-state index is 0.0351. The van der Waals surface area contributed by atoms with E-state index in [1.54, 1.807) is 0 Å². The molecule has 0 spiro atoms. The normalized spacial score (nSPS) is 13.2. The van der Waals surface area contributed by atoms with Crippen LogP contribution in [0.1, 0.15) is 12.6 Å². The monoisotopic (exact) mass is 285 g/mol. The number of hydrogen-bond acceptors (Lipinski definition) is 5. The first-order valence-corrected chi connectivity index (χ1v) is 6.34. The molecule has 0 radical (unpaired) electrons. The molecule has 1 aromatic heterocycles. The van der Waals surface area contributed by atoms with Gasteiger partial charge >= 0.3 is 104 Å². The summed E-state index contributed by atoms with van der Waals surface area (Å²) in [4.78, 5) is 18.8. The average molecular weight is 285 g/mol. The summed E-state index contributed by atoms with van der Waals surface area (Å²) in [6.07, 6.45) is 2.93. The molecule has 1 atom stereocenters. The van der Waals surface area contributed by atoms with E-state index < -0.39 is 27.3 Å². The average Bonchev–Trinajstić information content (AvgIpc) is 2.81. The number of nitrogens with zero attached hydrogens (tertiary/aromatic N) is 2. The zero-order chi connectivity index (χ0) is 13.6. The molecule has 0 aliphatic heterocycles. The van der Waals surface area contributed by atoms with Gasteiger partial charge in [-0.1, -0.05) is 0 Å². The number of carboxylic acid groups (broad SMARTS) is 1. The first-order valence-electron chi connectivity index (χ1n) is 4.71. The Morgan fingerprint density at radius 1 is 1.56 bits per heavy atom. The van der Waals surface area contributed by atoms with Gasteiger partial charge in [-0.25, -0.2) is 0 Å². The van der Waals surface area contributed by atoms with E-state index in [1.165, 1.54) is 19.4 Å². The number of aromatic amines is 1. The third kappa shape index (κ3) is 3.33. The zero-order valence-electron chi connectivity index (χ0n) is 9.32. The van der Waals surface area contributed by atoms with Crippen LogP contribution < -0.4 is 0 Å².